The average Bonchev–Trinajstić information content (AvgIpc) is 2.73. The van der Waals surface area contributed by atoms with Crippen LogP contribution in [-0.4, -0.2) is 36.2 Å². The predicted octanol–water partition coefficient (Wildman–Crippen LogP) is 0.823. The fraction of sp³-hybridized carbons (Fsp3) is 0.364. The third kappa shape index (κ3) is 1.64. The summed E-state index contributed by atoms with van der Waals surface area (Å²) in [5.74, 6) is 5.71. The molecule has 1 aromatic heterocycles. The van der Waals surface area contributed by atoms with Crippen LogP contribution in [-0.2, 0) is 0 Å². The minimum atomic E-state index is 0.703. The van der Waals surface area contributed by atoms with Crippen LogP contribution in [0.4, 0.5) is 6.01 Å². The van der Waals surface area contributed by atoms with Gasteiger partial charge in [-0.1, -0.05) is 12.1 Å². The SMILES string of the molecule is NN1CCN(c2nc3ccccc3o2)CC1. The first-order chi connectivity index (χ1) is 7.83. The molecular formula is C11H14N4O. The Morgan fingerprint density at radius 1 is 1.12 bits per heavy atom. The van der Waals surface area contributed by atoms with Gasteiger partial charge >= 0.3 is 0 Å². The van der Waals surface area contributed by atoms with Gasteiger partial charge in [-0.25, -0.2) is 5.01 Å². The fourth-order valence-corrected chi connectivity index (χ4v) is 1.91. The molecule has 1 aliphatic rings. The normalized spacial score (nSPS) is 18.2. The molecule has 1 aromatic carbocycles. The van der Waals surface area contributed by atoms with Gasteiger partial charge in [-0.15, -0.1) is 0 Å². The number of oxazole rings is 1. The maximum Gasteiger partial charge on any atom is 0.298 e. The van der Waals surface area contributed by atoms with Crippen LogP contribution in [0.5, 0.6) is 0 Å². The number of aromatic nitrogens is 1. The molecule has 1 saturated heterocycles. The number of rotatable bonds is 1. The minimum absolute atomic E-state index is 0.703. The van der Waals surface area contributed by atoms with Gasteiger partial charge in [-0.05, 0) is 12.1 Å². The maximum atomic E-state index is 5.71. The highest BCUT2D eigenvalue weighted by Gasteiger charge is 2.18. The topological polar surface area (TPSA) is 58.5 Å². The highest BCUT2D eigenvalue weighted by atomic mass is 16.4. The summed E-state index contributed by atoms with van der Waals surface area (Å²) in [6.07, 6.45) is 0. The second-order valence-electron chi connectivity index (χ2n) is 3.99. The zero-order chi connectivity index (χ0) is 11.0. The number of fused-ring (bicyclic) bond motifs is 1. The molecular weight excluding hydrogens is 204 g/mol. The van der Waals surface area contributed by atoms with Gasteiger partial charge in [0.2, 0.25) is 0 Å². The monoisotopic (exact) mass is 218 g/mol. The van der Waals surface area contributed by atoms with Crippen LogP contribution in [0.15, 0.2) is 28.7 Å². The Morgan fingerprint density at radius 3 is 2.62 bits per heavy atom. The van der Waals surface area contributed by atoms with Gasteiger partial charge in [0.25, 0.3) is 6.01 Å². The molecule has 2 N–H and O–H groups in total. The van der Waals surface area contributed by atoms with E-state index in [-0.39, 0.29) is 0 Å². The molecule has 84 valence electrons. The van der Waals surface area contributed by atoms with Crippen molar-refractivity contribution in [2.45, 2.75) is 0 Å². The van der Waals surface area contributed by atoms with Gasteiger partial charge < -0.3 is 9.32 Å². The lowest BCUT2D eigenvalue weighted by molar-refractivity contribution is 0.261. The molecule has 16 heavy (non-hydrogen) atoms. The Hall–Kier alpha value is -1.59. The van der Waals surface area contributed by atoms with Crippen molar-refractivity contribution in [1.82, 2.24) is 9.99 Å². The smallest absolute Gasteiger partial charge is 0.298 e. The summed E-state index contributed by atoms with van der Waals surface area (Å²) in [6, 6.07) is 8.52. The molecule has 1 aliphatic heterocycles. The largest absolute Gasteiger partial charge is 0.423 e. The average molecular weight is 218 g/mol. The van der Waals surface area contributed by atoms with Crippen molar-refractivity contribution >= 4 is 17.1 Å². The lowest BCUT2D eigenvalue weighted by Gasteiger charge is -2.30. The van der Waals surface area contributed by atoms with Crippen LogP contribution >= 0.6 is 0 Å². The molecule has 1 fully saturated rings. The summed E-state index contributed by atoms with van der Waals surface area (Å²) >= 11 is 0. The molecule has 0 aliphatic carbocycles. The number of para-hydroxylation sites is 2. The van der Waals surface area contributed by atoms with Gasteiger partial charge in [0.05, 0.1) is 0 Å². The van der Waals surface area contributed by atoms with E-state index in [1.54, 1.807) is 0 Å². The van der Waals surface area contributed by atoms with Crippen molar-refractivity contribution in [3.63, 3.8) is 0 Å². The molecule has 0 amide bonds. The molecule has 0 atom stereocenters. The molecule has 0 unspecified atom stereocenters. The maximum absolute atomic E-state index is 5.71. The van der Waals surface area contributed by atoms with Crippen LogP contribution in [0.25, 0.3) is 11.1 Å². The third-order valence-corrected chi connectivity index (χ3v) is 2.87. The summed E-state index contributed by atoms with van der Waals surface area (Å²) in [5.41, 5.74) is 1.75. The number of hydrogen-bond donors (Lipinski definition) is 1. The summed E-state index contributed by atoms with van der Waals surface area (Å²) in [5, 5.41) is 1.82. The quantitative estimate of drug-likeness (QED) is 0.718. The van der Waals surface area contributed by atoms with Crippen molar-refractivity contribution < 1.29 is 4.42 Å². The van der Waals surface area contributed by atoms with Crippen LogP contribution in [0.1, 0.15) is 0 Å². The van der Waals surface area contributed by atoms with E-state index in [1.165, 1.54) is 0 Å². The highest BCUT2D eigenvalue weighted by molar-refractivity contribution is 5.74. The van der Waals surface area contributed by atoms with E-state index < -0.39 is 0 Å². The number of piperazine rings is 1. The number of nitrogens with zero attached hydrogens (tertiary/aromatic N) is 3. The van der Waals surface area contributed by atoms with Crippen molar-refractivity contribution in [1.29, 1.82) is 0 Å². The first kappa shape index (κ1) is 9.62. The summed E-state index contributed by atoms with van der Waals surface area (Å²) < 4.78 is 5.70. The number of nitrogens with two attached hydrogens (primary N) is 1. The standard InChI is InChI=1S/C11H14N4O/c12-15-7-5-14(6-8-15)11-13-9-3-1-2-4-10(9)16-11/h1-4H,5-8,12H2. The van der Waals surface area contributed by atoms with Gasteiger partial charge in [0, 0.05) is 26.2 Å². The van der Waals surface area contributed by atoms with Crippen molar-refractivity contribution in [2.24, 2.45) is 5.84 Å². The van der Waals surface area contributed by atoms with E-state index in [0.717, 1.165) is 37.3 Å². The Bertz CT molecular complexity index is 454. The highest BCUT2D eigenvalue weighted by Crippen LogP contribution is 2.21. The Morgan fingerprint density at radius 2 is 1.88 bits per heavy atom. The van der Waals surface area contributed by atoms with Crippen LogP contribution < -0.4 is 10.7 Å². The van der Waals surface area contributed by atoms with E-state index in [9.17, 15) is 0 Å². The molecule has 3 rings (SSSR count). The second-order valence-corrected chi connectivity index (χ2v) is 3.99. The Balaban J connectivity index is 1.88. The van der Waals surface area contributed by atoms with E-state index >= 15 is 0 Å². The zero-order valence-corrected chi connectivity index (χ0v) is 8.97. The predicted molar refractivity (Wildman–Crippen MR) is 62.0 cm³/mol. The third-order valence-electron chi connectivity index (χ3n) is 2.87. The van der Waals surface area contributed by atoms with Crippen LogP contribution in [0.2, 0.25) is 0 Å². The van der Waals surface area contributed by atoms with Crippen LogP contribution in [0, 0.1) is 0 Å². The van der Waals surface area contributed by atoms with Gasteiger partial charge in [-0.3, -0.25) is 5.84 Å². The van der Waals surface area contributed by atoms with Crippen LogP contribution in [0.3, 0.4) is 0 Å². The second kappa shape index (κ2) is 3.77. The molecule has 0 bridgehead atoms. The van der Waals surface area contributed by atoms with E-state index in [1.807, 2.05) is 29.3 Å². The van der Waals surface area contributed by atoms with Gasteiger partial charge in [0.1, 0.15) is 5.52 Å². The molecule has 0 spiro atoms. The number of hydrogen-bond acceptors (Lipinski definition) is 5. The fourth-order valence-electron chi connectivity index (χ4n) is 1.91. The molecule has 5 heteroatoms. The van der Waals surface area contributed by atoms with Crippen molar-refractivity contribution in [2.75, 3.05) is 31.1 Å². The van der Waals surface area contributed by atoms with E-state index in [0.29, 0.717) is 6.01 Å². The first-order valence-corrected chi connectivity index (χ1v) is 5.43. The zero-order valence-electron chi connectivity index (χ0n) is 8.97. The number of benzene rings is 1. The number of hydrazine groups is 1. The number of anilines is 1. The molecule has 2 heterocycles. The van der Waals surface area contributed by atoms with Crippen molar-refractivity contribution in [3.8, 4) is 0 Å². The lowest BCUT2D eigenvalue weighted by atomic mass is 10.3. The summed E-state index contributed by atoms with van der Waals surface area (Å²) in [6.45, 7) is 3.42. The Kier molecular flexibility index (Phi) is 2.27. The molecule has 2 aromatic rings. The lowest BCUT2D eigenvalue weighted by Crippen LogP contribution is -2.49. The van der Waals surface area contributed by atoms with Crippen molar-refractivity contribution in [3.05, 3.63) is 24.3 Å². The van der Waals surface area contributed by atoms with E-state index in [4.69, 9.17) is 10.3 Å². The molecule has 0 radical (unpaired) electrons. The molecule has 5 nitrogen and oxygen atoms in total. The summed E-state index contributed by atoms with van der Waals surface area (Å²) in [4.78, 5) is 6.59. The summed E-state index contributed by atoms with van der Waals surface area (Å²) in [7, 11) is 0. The van der Waals surface area contributed by atoms with E-state index in [2.05, 4.69) is 9.88 Å². The molecule has 0 saturated carbocycles. The van der Waals surface area contributed by atoms with Gasteiger partial charge in [-0.2, -0.15) is 4.98 Å². The first-order valence-electron chi connectivity index (χ1n) is 5.43. The minimum Gasteiger partial charge on any atom is -0.423 e. The Labute approximate surface area is 93.4 Å². The van der Waals surface area contributed by atoms with Gasteiger partial charge in [0.15, 0.2) is 5.58 Å².